The summed E-state index contributed by atoms with van der Waals surface area (Å²) in [5, 5.41) is 10.4. The molecule has 0 aromatic heterocycles. The van der Waals surface area contributed by atoms with Gasteiger partial charge in [0.15, 0.2) is 0 Å². The number of fused-ring (bicyclic) bond motifs is 1. The predicted molar refractivity (Wildman–Crippen MR) is 67.1 cm³/mol. The van der Waals surface area contributed by atoms with Crippen LogP contribution in [0.4, 0.5) is 8.78 Å². The van der Waals surface area contributed by atoms with Crippen molar-refractivity contribution >= 4 is 28.5 Å². The zero-order valence-electron chi connectivity index (χ0n) is 9.27. The highest BCUT2D eigenvalue weighted by Crippen LogP contribution is 2.28. The molecule has 0 radical (unpaired) electrons. The molecular formula is C13H10F2O2S. The fourth-order valence-corrected chi connectivity index (χ4v) is 2.28. The van der Waals surface area contributed by atoms with Crippen LogP contribution in [0.1, 0.15) is 5.56 Å². The molecule has 0 aliphatic heterocycles. The maximum absolute atomic E-state index is 12.2. The van der Waals surface area contributed by atoms with E-state index in [0.717, 1.165) is 10.8 Å². The fraction of sp³-hybridized carbons (Fsp3) is 0.154. The first-order valence-electron chi connectivity index (χ1n) is 5.24. The molecule has 0 aliphatic rings. The number of aliphatic carboxylic acids is 1. The Balaban J connectivity index is 2.32. The van der Waals surface area contributed by atoms with Crippen molar-refractivity contribution in [2.75, 3.05) is 0 Å². The van der Waals surface area contributed by atoms with Gasteiger partial charge in [-0.25, -0.2) is 0 Å². The van der Waals surface area contributed by atoms with Gasteiger partial charge < -0.3 is 5.11 Å². The van der Waals surface area contributed by atoms with E-state index in [0.29, 0.717) is 22.2 Å². The van der Waals surface area contributed by atoms with Crippen LogP contribution in [0.5, 0.6) is 0 Å². The van der Waals surface area contributed by atoms with Crippen LogP contribution in [0.15, 0.2) is 41.3 Å². The Morgan fingerprint density at radius 1 is 1.17 bits per heavy atom. The van der Waals surface area contributed by atoms with Gasteiger partial charge in [0.25, 0.3) is 5.76 Å². The molecule has 1 N–H and O–H groups in total. The van der Waals surface area contributed by atoms with Crippen LogP contribution in [0.2, 0.25) is 0 Å². The number of thioether (sulfide) groups is 1. The Bertz CT molecular complexity index is 584. The quantitative estimate of drug-likeness (QED) is 0.857. The SMILES string of the molecule is O=C(O)Cc1ccc2cc(SC(F)F)ccc2c1. The van der Waals surface area contributed by atoms with E-state index in [4.69, 9.17) is 5.11 Å². The van der Waals surface area contributed by atoms with Crippen molar-refractivity contribution in [3.05, 3.63) is 42.0 Å². The summed E-state index contributed by atoms with van der Waals surface area (Å²) in [6, 6.07) is 10.2. The molecule has 0 atom stereocenters. The summed E-state index contributed by atoms with van der Waals surface area (Å²) in [4.78, 5) is 11.1. The first kappa shape index (κ1) is 12.8. The standard InChI is InChI=1S/C13H10F2O2S/c14-13(15)18-11-4-3-9-5-8(6-12(16)17)1-2-10(9)7-11/h1-5,7,13H,6H2,(H,16,17). The average molecular weight is 268 g/mol. The van der Waals surface area contributed by atoms with Gasteiger partial charge in [0.05, 0.1) is 6.42 Å². The van der Waals surface area contributed by atoms with Gasteiger partial charge in [0.1, 0.15) is 0 Å². The molecule has 0 saturated carbocycles. The summed E-state index contributed by atoms with van der Waals surface area (Å²) in [5.74, 6) is -3.33. The third-order valence-electron chi connectivity index (χ3n) is 2.46. The van der Waals surface area contributed by atoms with Gasteiger partial charge >= 0.3 is 5.97 Å². The molecule has 94 valence electrons. The Kier molecular flexibility index (Phi) is 3.81. The topological polar surface area (TPSA) is 37.3 Å². The first-order valence-corrected chi connectivity index (χ1v) is 6.12. The molecule has 0 fully saturated rings. The summed E-state index contributed by atoms with van der Waals surface area (Å²) in [6.07, 6.45) is -0.0382. The fourth-order valence-electron chi connectivity index (χ4n) is 1.73. The zero-order valence-corrected chi connectivity index (χ0v) is 10.1. The highest BCUT2D eigenvalue weighted by molar-refractivity contribution is 7.99. The molecule has 0 heterocycles. The lowest BCUT2D eigenvalue weighted by Crippen LogP contribution is -1.99. The van der Waals surface area contributed by atoms with E-state index in [1.165, 1.54) is 0 Å². The Morgan fingerprint density at radius 3 is 2.50 bits per heavy atom. The first-order chi connectivity index (χ1) is 8.54. The molecule has 2 nitrogen and oxygen atoms in total. The summed E-state index contributed by atoms with van der Waals surface area (Å²) in [7, 11) is 0. The van der Waals surface area contributed by atoms with Crippen LogP contribution in [-0.4, -0.2) is 16.8 Å². The van der Waals surface area contributed by atoms with Crippen molar-refractivity contribution in [1.82, 2.24) is 0 Å². The highest BCUT2D eigenvalue weighted by Gasteiger charge is 2.06. The van der Waals surface area contributed by atoms with E-state index in [2.05, 4.69) is 0 Å². The smallest absolute Gasteiger partial charge is 0.307 e. The summed E-state index contributed by atoms with van der Waals surface area (Å²) in [5.41, 5.74) is 0.698. The number of hydrogen-bond acceptors (Lipinski definition) is 2. The Morgan fingerprint density at radius 2 is 1.83 bits per heavy atom. The van der Waals surface area contributed by atoms with Gasteiger partial charge in [-0.15, -0.1) is 0 Å². The Labute approximate surface area is 107 Å². The van der Waals surface area contributed by atoms with E-state index in [-0.39, 0.29) is 6.42 Å². The maximum atomic E-state index is 12.2. The Hall–Kier alpha value is -1.62. The number of benzene rings is 2. The van der Waals surface area contributed by atoms with Crippen LogP contribution < -0.4 is 0 Å². The maximum Gasteiger partial charge on any atom is 0.307 e. The largest absolute Gasteiger partial charge is 0.481 e. The van der Waals surface area contributed by atoms with Crippen LogP contribution in [0.3, 0.4) is 0 Å². The van der Waals surface area contributed by atoms with Crippen molar-refractivity contribution in [1.29, 1.82) is 0 Å². The van der Waals surface area contributed by atoms with Gasteiger partial charge in [-0.3, -0.25) is 4.79 Å². The predicted octanol–water partition coefficient (Wildman–Crippen LogP) is 3.78. The number of hydrogen-bond donors (Lipinski definition) is 1. The molecule has 2 rings (SSSR count). The van der Waals surface area contributed by atoms with Gasteiger partial charge in [-0.1, -0.05) is 36.0 Å². The third-order valence-corrected chi connectivity index (χ3v) is 3.16. The monoisotopic (exact) mass is 268 g/mol. The number of rotatable bonds is 4. The van der Waals surface area contributed by atoms with E-state index in [9.17, 15) is 13.6 Å². The van der Waals surface area contributed by atoms with Gasteiger partial charge in [0, 0.05) is 4.90 Å². The molecule has 0 bridgehead atoms. The minimum Gasteiger partial charge on any atom is -0.481 e. The van der Waals surface area contributed by atoms with Crippen molar-refractivity contribution < 1.29 is 18.7 Å². The molecule has 0 aliphatic carbocycles. The number of carbonyl (C=O) groups is 1. The highest BCUT2D eigenvalue weighted by atomic mass is 32.2. The minimum absolute atomic E-state index is 0.0382. The molecule has 0 spiro atoms. The second kappa shape index (κ2) is 5.35. The lowest BCUT2D eigenvalue weighted by Gasteiger charge is -2.04. The lowest BCUT2D eigenvalue weighted by molar-refractivity contribution is -0.136. The van der Waals surface area contributed by atoms with Gasteiger partial charge in [-0.2, -0.15) is 8.78 Å². The van der Waals surface area contributed by atoms with Crippen LogP contribution in [-0.2, 0) is 11.2 Å². The molecule has 5 heteroatoms. The van der Waals surface area contributed by atoms with Crippen molar-refractivity contribution in [3.8, 4) is 0 Å². The number of halogens is 2. The van der Waals surface area contributed by atoms with Gasteiger partial charge in [-0.05, 0) is 28.5 Å². The average Bonchev–Trinajstić information content (AvgIpc) is 2.27. The van der Waals surface area contributed by atoms with E-state index < -0.39 is 11.7 Å². The van der Waals surface area contributed by atoms with E-state index in [1.807, 2.05) is 0 Å². The second-order valence-electron chi connectivity index (χ2n) is 3.79. The zero-order chi connectivity index (χ0) is 13.1. The normalized spacial score (nSPS) is 11.1. The molecule has 2 aromatic carbocycles. The van der Waals surface area contributed by atoms with Crippen molar-refractivity contribution in [2.45, 2.75) is 17.1 Å². The minimum atomic E-state index is -2.44. The molecule has 0 amide bonds. The second-order valence-corrected chi connectivity index (χ2v) is 4.86. The summed E-state index contributed by atoms with van der Waals surface area (Å²) in [6.45, 7) is 0. The molecule has 18 heavy (non-hydrogen) atoms. The number of carboxylic acids is 1. The van der Waals surface area contributed by atoms with E-state index in [1.54, 1.807) is 36.4 Å². The van der Waals surface area contributed by atoms with E-state index >= 15 is 0 Å². The number of alkyl halides is 2. The van der Waals surface area contributed by atoms with Crippen LogP contribution >= 0.6 is 11.8 Å². The molecule has 0 saturated heterocycles. The summed E-state index contributed by atoms with van der Waals surface area (Å²) >= 11 is 0.501. The van der Waals surface area contributed by atoms with Crippen LogP contribution in [0.25, 0.3) is 10.8 Å². The van der Waals surface area contributed by atoms with Gasteiger partial charge in [0.2, 0.25) is 0 Å². The third kappa shape index (κ3) is 3.20. The lowest BCUT2D eigenvalue weighted by atomic mass is 10.1. The summed E-state index contributed by atoms with van der Waals surface area (Å²) < 4.78 is 24.5. The van der Waals surface area contributed by atoms with Crippen LogP contribution in [0, 0.1) is 0 Å². The van der Waals surface area contributed by atoms with Crippen molar-refractivity contribution in [2.24, 2.45) is 0 Å². The number of carboxylic acid groups (broad SMARTS) is 1. The molecular weight excluding hydrogens is 258 g/mol. The molecule has 2 aromatic rings. The molecule has 0 unspecified atom stereocenters. The van der Waals surface area contributed by atoms with Crippen molar-refractivity contribution in [3.63, 3.8) is 0 Å².